The summed E-state index contributed by atoms with van der Waals surface area (Å²) in [6, 6.07) is 9.14. The van der Waals surface area contributed by atoms with E-state index < -0.39 is 0 Å². The molecule has 116 valence electrons. The summed E-state index contributed by atoms with van der Waals surface area (Å²) in [7, 11) is 0. The Labute approximate surface area is 137 Å². The maximum Gasteiger partial charge on any atom is 0.226 e. The fourth-order valence-electron chi connectivity index (χ4n) is 1.69. The summed E-state index contributed by atoms with van der Waals surface area (Å²) in [6.07, 6.45) is 0.453. The zero-order valence-electron chi connectivity index (χ0n) is 12.4. The monoisotopic (exact) mass is 335 g/mol. The first-order valence-electron chi connectivity index (χ1n) is 6.89. The summed E-state index contributed by atoms with van der Waals surface area (Å²) in [5, 5.41) is 11.1. The quantitative estimate of drug-likeness (QED) is 0.476. The highest BCUT2D eigenvalue weighted by Gasteiger charge is 2.12. The number of thioether (sulfide) groups is 1. The summed E-state index contributed by atoms with van der Waals surface area (Å²) in [4.78, 5) is 23.6. The summed E-state index contributed by atoms with van der Waals surface area (Å²) in [5.74, 6) is 0.581. The first-order chi connectivity index (χ1) is 10.5. The molecule has 2 aromatic rings. The van der Waals surface area contributed by atoms with Crippen LogP contribution in [-0.4, -0.2) is 27.6 Å². The maximum atomic E-state index is 12.0. The molecule has 0 saturated carbocycles. The third-order valence-electron chi connectivity index (χ3n) is 2.67. The van der Waals surface area contributed by atoms with Crippen molar-refractivity contribution in [1.82, 2.24) is 10.2 Å². The van der Waals surface area contributed by atoms with Gasteiger partial charge in [0.15, 0.2) is 10.1 Å². The van der Waals surface area contributed by atoms with Gasteiger partial charge in [-0.25, -0.2) is 0 Å². The molecular weight excluding hydrogens is 318 g/mol. The van der Waals surface area contributed by atoms with E-state index in [0.29, 0.717) is 33.1 Å². The number of nitrogens with one attached hydrogen (secondary N) is 1. The van der Waals surface area contributed by atoms with E-state index in [-0.39, 0.29) is 11.7 Å². The molecule has 0 unspecified atom stereocenters. The smallest absolute Gasteiger partial charge is 0.226 e. The van der Waals surface area contributed by atoms with E-state index in [9.17, 15) is 9.59 Å². The number of anilines is 1. The fourth-order valence-corrected chi connectivity index (χ4v) is 3.36. The van der Waals surface area contributed by atoms with Crippen molar-refractivity contribution < 1.29 is 9.59 Å². The van der Waals surface area contributed by atoms with Gasteiger partial charge in [-0.15, -0.1) is 10.2 Å². The molecule has 0 radical (unpaired) electrons. The summed E-state index contributed by atoms with van der Waals surface area (Å²) in [6.45, 7) is 3.96. The van der Waals surface area contributed by atoms with Crippen LogP contribution >= 0.6 is 23.1 Å². The van der Waals surface area contributed by atoms with Crippen molar-refractivity contribution in [2.24, 2.45) is 5.92 Å². The predicted molar refractivity (Wildman–Crippen MR) is 89.5 cm³/mol. The van der Waals surface area contributed by atoms with Gasteiger partial charge in [-0.05, 0) is 5.92 Å². The van der Waals surface area contributed by atoms with Gasteiger partial charge in [0, 0.05) is 12.0 Å². The van der Waals surface area contributed by atoms with Crippen LogP contribution in [0.25, 0.3) is 0 Å². The van der Waals surface area contributed by atoms with E-state index in [4.69, 9.17) is 0 Å². The Morgan fingerprint density at radius 3 is 2.64 bits per heavy atom. The first kappa shape index (κ1) is 16.6. The van der Waals surface area contributed by atoms with Crippen LogP contribution in [0.5, 0.6) is 0 Å². The zero-order valence-corrected chi connectivity index (χ0v) is 14.0. The number of hydrogen-bond donors (Lipinski definition) is 1. The Bertz CT molecular complexity index is 641. The Hall–Kier alpha value is -1.73. The molecule has 0 aliphatic rings. The van der Waals surface area contributed by atoms with Crippen molar-refractivity contribution in [2.75, 3.05) is 11.1 Å². The van der Waals surface area contributed by atoms with Gasteiger partial charge in [-0.1, -0.05) is 67.3 Å². The molecular formula is C15H17N3O2S2. The topological polar surface area (TPSA) is 72.0 Å². The lowest BCUT2D eigenvalue weighted by Crippen LogP contribution is -2.13. The van der Waals surface area contributed by atoms with Crippen molar-refractivity contribution in [3.63, 3.8) is 0 Å². The number of carbonyl (C=O) groups excluding carboxylic acids is 2. The predicted octanol–water partition coefficient (Wildman–Crippen LogP) is 3.50. The highest BCUT2D eigenvalue weighted by molar-refractivity contribution is 8.01. The number of aromatic nitrogens is 2. The third-order valence-corrected chi connectivity index (χ3v) is 4.64. The van der Waals surface area contributed by atoms with Crippen molar-refractivity contribution in [3.8, 4) is 0 Å². The van der Waals surface area contributed by atoms with Crippen molar-refractivity contribution in [1.29, 1.82) is 0 Å². The molecule has 0 atom stereocenters. The van der Waals surface area contributed by atoms with E-state index in [1.165, 1.54) is 23.1 Å². The van der Waals surface area contributed by atoms with E-state index in [0.717, 1.165) is 0 Å². The molecule has 1 amide bonds. The number of rotatable bonds is 7. The van der Waals surface area contributed by atoms with Gasteiger partial charge in [0.1, 0.15) is 0 Å². The molecule has 1 aromatic carbocycles. The molecule has 22 heavy (non-hydrogen) atoms. The van der Waals surface area contributed by atoms with Crippen LogP contribution in [0.4, 0.5) is 5.13 Å². The van der Waals surface area contributed by atoms with Crippen molar-refractivity contribution >= 4 is 39.9 Å². The number of amides is 1. The molecule has 1 aromatic heterocycles. The Kier molecular flexibility index (Phi) is 6.09. The van der Waals surface area contributed by atoms with Gasteiger partial charge in [0.2, 0.25) is 11.0 Å². The molecule has 1 heterocycles. The van der Waals surface area contributed by atoms with Crippen LogP contribution in [0.3, 0.4) is 0 Å². The van der Waals surface area contributed by atoms with Crippen LogP contribution in [0.2, 0.25) is 0 Å². The Balaban J connectivity index is 1.85. The number of carbonyl (C=O) groups is 2. The number of nitrogens with zero attached hydrogens (tertiary/aromatic N) is 2. The lowest BCUT2D eigenvalue weighted by molar-refractivity contribution is -0.116. The number of Topliss-reactive ketones (excluding diaryl/α,β-unsaturated/α-hetero) is 1. The van der Waals surface area contributed by atoms with Crippen molar-refractivity contribution in [3.05, 3.63) is 35.9 Å². The van der Waals surface area contributed by atoms with Crippen molar-refractivity contribution in [2.45, 2.75) is 24.6 Å². The average molecular weight is 335 g/mol. The lowest BCUT2D eigenvalue weighted by Gasteiger charge is -2.02. The largest absolute Gasteiger partial charge is 0.300 e. The third kappa shape index (κ3) is 5.23. The van der Waals surface area contributed by atoms with Gasteiger partial charge < -0.3 is 5.32 Å². The minimum absolute atomic E-state index is 0.0474. The number of hydrogen-bond acceptors (Lipinski definition) is 6. The van der Waals surface area contributed by atoms with Gasteiger partial charge in [-0.2, -0.15) is 0 Å². The van der Waals surface area contributed by atoms with E-state index in [1.807, 2.05) is 32.0 Å². The van der Waals surface area contributed by atoms with Crippen LogP contribution in [0.1, 0.15) is 30.6 Å². The molecule has 0 spiro atoms. The second kappa shape index (κ2) is 8.05. The molecule has 0 bridgehead atoms. The SMILES string of the molecule is CC(C)CC(=O)Nc1nnc(SCC(=O)c2ccccc2)s1. The standard InChI is InChI=1S/C15H17N3O2S2/c1-10(2)8-13(20)16-14-17-18-15(22-14)21-9-12(19)11-6-4-3-5-7-11/h3-7,10H,8-9H2,1-2H3,(H,16,17,20). The minimum Gasteiger partial charge on any atom is -0.300 e. The average Bonchev–Trinajstić information content (AvgIpc) is 2.92. The molecule has 0 saturated heterocycles. The van der Waals surface area contributed by atoms with Gasteiger partial charge in [-0.3, -0.25) is 9.59 Å². The van der Waals surface area contributed by atoms with Gasteiger partial charge in [0.25, 0.3) is 0 Å². The molecule has 5 nitrogen and oxygen atoms in total. The molecule has 1 N–H and O–H groups in total. The summed E-state index contributed by atoms with van der Waals surface area (Å²) >= 11 is 2.61. The number of ketones is 1. The van der Waals surface area contributed by atoms with Gasteiger partial charge in [0.05, 0.1) is 5.75 Å². The minimum atomic E-state index is -0.0666. The van der Waals surface area contributed by atoms with Crippen LogP contribution in [0, 0.1) is 5.92 Å². The van der Waals surface area contributed by atoms with Crippen LogP contribution < -0.4 is 5.32 Å². The molecule has 0 aliphatic heterocycles. The molecule has 7 heteroatoms. The lowest BCUT2D eigenvalue weighted by atomic mass is 10.1. The zero-order chi connectivity index (χ0) is 15.9. The summed E-state index contributed by atoms with van der Waals surface area (Å²) < 4.78 is 0.670. The normalized spacial score (nSPS) is 10.7. The Morgan fingerprint density at radius 1 is 1.23 bits per heavy atom. The highest BCUT2D eigenvalue weighted by atomic mass is 32.2. The van der Waals surface area contributed by atoms with E-state index in [2.05, 4.69) is 15.5 Å². The van der Waals surface area contributed by atoms with E-state index >= 15 is 0 Å². The van der Waals surface area contributed by atoms with Gasteiger partial charge >= 0.3 is 0 Å². The fraction of sp³-hybridized carbons (Fsp3) is 0.333. The first-order valence-corrected chi connectivity index (χ1v) is 8.69. The Morgan fingerprint density at radius 2 is 1.95 bits per heavy atom. The second-order valence-corrected chi connectivity index (χ2v) is 7.30. The maximum absolute atomic E-state index is 12.0. The highest BCUT2D eigenvalue weighted by Crippen LogP contribution is 2.26. The van der Waals surface area contributed by atoms with E-state index in [1.54, 1.807) is 12.1 Å². The second-order valence-electron chi connectivity index (χ2n) is 5.10. The number of benzene rings is 1. The summed E-state index contributed by atoms with van der Waals surface area (Å²) in [5.41, 5.74) is 0.685. The molecule has 2 rings (SSSR count). The molecule has 0 aliphatic carbocycles. The van der Waals surface area contributed by atoms with Crippen LogP contribution in [0.15, 0.2) is 34.7 Å². The molecule has 0 fully saturated rings. The van der Waals surface area contributed by atoms with Crippen LogP contribution in [-0.2, 0) is 4.79 Å².